The zero-order valence-electron chi connectivity index (χ0n) is 16.3. The number of thiazole rings is 1. The van der Waals surface area contributed by atoms with E-state index in [2.05, 4.69) is 14.8 Å². The maximum absolute atomic E-state index is 13.1. The lowest BCUT2D eigenvalue weighted by molar-refractivity contribution is 0.580. The standard InChI is InChI=1S/C21H20N4O3S2/c1-14-11-20(25(23-14)21-22-18(13-29-21)19-7-4-10-28-19)24-30(26,27)17-9-8-15-5-2-3-6-16(15)12-17/h4,7-13,24H,2-3,5-6H2,1H3. The number of nitrogens with zero attached hydrogens (tertiary/aromatic N) is 3. The highest BCUT2D eigenvalue weighted by atomic mass is 32.2. The second-order valence-electron chi connectivity index (χ2n) is 7.32. The second kappa shape index (κ2) is 7.41. The summed E-state index contributed by atoms with van der Waals surface area (Å²) < 4.78 is 35.8. The van der Waals surface area contributed by atoms with Crippen LogP contribution in [0, 0.1) is 6.92 Å². The second-order valence-corrected chi connectivity index (χ2v) is 9.84. The predicted molar refractivity (Wildman–Crippen MR) is 116 cm³/mol. The Kier molecular flexibility index (Phi) is 4.71. The van der Waals surface area contributed by atoms with Gasteiger partial charge < -0.3 is 4.42 Å². The van der Waals surface area contributed by atoms with Crippen molar-refractivity contribution >= 4 is 27.2 Å². The summed E-state index contributed by atoms with van der Waals surface area (Å²) in [5.74, 6) is 1.00. The highest BCUT2D eigenvalue weighted by Crippen LogP contribution is 2.29. The van der Waals surface area contributed by atoms with Crippen molar-refractivity contribution in [3.63, 3.8) is 0 Å². The number of rotatable bonds is 5. The summed E-state index contributed by atoms with van der Waals surface area (Å²) in [5.41, 5.74) is 3.73. The first-order valence-corrected chi connectivity index (χ1v) is 12.1. The first kappa shape index (κ1) is 19.1. The summed E-state index contributed by atoms with van der Waals surface area (Å²) in [6.07, 6.45) is 5.77. The van der Waals surface area contributed by atoms with Crippen LogP contribution in [0.1, 0.15) is 29.7 Å². The molecule has 9 heteroatoms. The van der Waals surface area contributed by atoms with Gasteiger partial charge in [0.1, 0.15) is 11.5 Å². The Hall–Kier alpha value is -2.91. The number of furan rings is 1. The molecule has 0 fully saturated rings. The molecule has 0 atom stereocenters. The lowest BCUT2D eigenvalue weighted by Gasteiger charge is -2.17. The first-order valence-electron chi connectivity index (χ1n) is 9.71. The summed E-state index contributed by atoms with van der Waals surface area (Å²) in [6, 6.07) is 10.7. The highest BCUT2D eigenvalue weighted by molar-refractivity contribution is 7.92. The molecule has 3 aromatic heterocycles. The molecule has 0 aliphatic heterocycles. The van der Waals surface area contributed by atoms with Gasteiger partial charge in [-0.15, -0.1) is 11.3 Å². The van der Waals surface area contributed by atoms with Gasteiger partial charge in [-0.05, 0) is 68.0 Å². The number of aromatic nitrogens is 3. The van der Waals surface area contributed by atoms with E-state index in [4.69, 9.17) is 4.42 Å². The summed E-state index contributed by atoms with van der Waals surface area (Å²) in [4.78, 5) is 4.82. The van der Waals surface area contributed by atoms with Crippen molar-refractivity contribution in [2.24, 2.45) is 0 Å². The SMILES string of the molecule is Cc1cc(NS(=O)(=O)c2ccc3c(c2)CCCC3)n(-c2nc(-c3ccco3)cs2)n1. The Morgan fingerprint density at radius 2 is 1.97 bits per heavy atom. The minimum atomic E-state index is -3.75. The minimum Gasteiger partial charge on any atom is -0.463 e. The van der Waals surface area contributed by atoms with Crippen LogP contribution in [0.15, 0.2) is 57.4 Å². The van der Waals surface area contributed by atoms with Gasteiger partial charge in [0.2, 0.25) is 5.13 Å². The maximum Gasteiger partial charge on any atom is 0.263 e. The fourth-order valence-electron chi connectivity index (χ4n) is 3.69. The maximum atomic E-state index is 13.1. The lowest BCUT2D eigenvalue weighted by atomic mass is 9.92. The number of sulfonamides is 1. The van der Waals surface area contributed by atoms with Crippen molar-refractivity contribution in [2.75, 3.05) is 4.72 Å². The summed E-state index contributed by atoms with van der Waals surface area (Å²) in [6.45, 7) is 1.81. The van der Waals surface area contributed by atoms with Gasteiger partial charge >= 0.3 is 0 Å². The zero-order valence-corrected chi connectivity index (χ0v) is 18.0. The monoisotopic (exact) mass is 440 g/mol. The van der Waals surface area contributed by atoms with E-state index in [0.29, 0.717) is 28.1 Å². The van der Waals surface area contributed by atoms with Crippen molar-refractivity contribution in [1.82, 2.24) is 14.8 Å². The Balaban J connectivity index is 1.47. The fraction of sp³-hybridized carbons (Fsp3) is 0.238. The molecule has 0 spiro atoms. The van der Waals surface area contributed by atoms with Crippen LogP contribution in [-0.4, -0.2) is 23.2 Å². The lowest BCUT2D eigenvalue weighted by Crippen LogP contribution is -2.17. The van der Waals surface area contributed by atoms with Gasteiger partial charge in [0.15, 0.2) is 5.76 Å². The number of fused-ring (bicyclic) bond motifs is 1. The third-order valence-electron chi connectivity index (χ3n) is 5.15. The van der Waals surface area contributed by atoms with Crippen molar-refractivity contribution < 1.29 is 12.8 Å². The van der Waals surface area contributed by atoms with E-state index in [1.807, 2.05) is 24.4 Å². The van der Waals surface area contributed by atoms with Crippen LogP contribution in [0.25, 0.3) is 16.6 Å². The smallest absolute Gasteiger partial charge is 0.263 e. The van der Waals surface area contributed by atoms with Gasteiger partial charge in [-0.3, -0.25) is 4.72 Å². The fourth-order valence-corrected chi connectivity index (χ4v) is 5.55. The average Bonchev–Trinajstić information content (AvgIpc) is 3.48. The van der Waals surface area contributed by atoms with Crippen LogP contribution < -0.4 is 4.72 Å². The van der Waals surface area contributed by atoms with E-state index in [-0.39, 0.29) is 4.90 Å². The highest BCUT2D eigenvalue weighted by Gasteiger charge is 2.21. The third kappa shape index (κ3) is 3.54. The molecule has 1 aromatic carbocycles. The topological polar surface area (TPSA) is 90.0 Å². The molecule has 0 saturated carbocycles. The van der Waals surface area contributed by atoms with Crippen molar-refractivity contribution in [1.29, 1.82) is 0 Å². The molecule has 30 heavy (non-hydrogen) atoms. The van der Waals surface area contributed by atoms with Crippen LogP contribution in [0.5, 0.6) is 0 Å². The average molecular weight is 441 g/mol. The zero-order chi connectivity index (χ0) is 20.7. The van der Waals surface area contributed by atoms with E-state index in [9.17, 15) is 8.42 Å². The van der Waals surface area contributed by atoms with Gasteiger partial charge in [-0.1, -0.05) is 6.07 Å². The normalized spacial score (nSPS) is 13.9. The van der Waals surface area contributed by atoms with Crippen LogP contribution in [0.4, 0.5) is 5.82 Å². The van der Waals surface area contributed by atoms with Crippen molar-refractivity contribution in [3.8, 4) is 16.6 Å². The molecular weight excluding hydrogens is 420 g/mol. The molecular formula is C21H20N4O3S2. The van der Waals surface area contributed by atoms with E-state index < -0.39 is 10.0 Å². The molecule has 0 bridgehead atoms. The van der Waals surface area contributed by atoms with E-state index in [1.165, 1.54) is 21.6 Å². The number of hydrogen-bond donors (Lipinski definition) is 1. The first-order chi connectivity index (χ1) is 14.5. The van der Waals surface area contributed by atoms with E-state index in [1.54, 1.807) is 30.5 Å². The Labute approximate surface area is 178 Å². The number of nitrogens with one attached hydrogen (secondary N) is 1. The Morgan fingerprint density at radius 1 is 1.13 bits per heavy atom. The van der Waals surface area contributed by atoms with Crippen molar-refractivity contribution in [2.45, 2.75) is 37.5 Å². The van der Waals surface area contributed by atoms with Crippen LogP contribution in [-0.2, 0) is 22.9 Å². The number of aryl methyl sites for hydroxylation is 3. The van der Waals surface area contributed by atoms with Gasteiger partial charge in [0, 0.05) is 11.4 Å². The van der Waals surface area contributed by atoms with Crippen molar-refractivity contribution in [3.05, 3.63) is 64.9 Å². The number of benzene rings is 1. The summed E-state index contributed by atoms with van der Waals surface area (Å²) >= 11 is 1.36. The minimum absolute atomic E-state index is 0.268. The molecule has 0 radical (unpaired) electrons. The third-order valence-corrected chi connectivity index (χ3v) is 7.32. The van der Waals surface area contributed by atoms with Crippen LogP contribution in [0.2, 0.25) is 0 Å². The number of hydrogen-bond acceptors (Lipinski definition) is 6. The van der Waals surface area contributed by atoms with E-state index in [0.717, 1.165) is 31.2 Å². The molecule has 0 amide bonds. The molecule has 7 nitrogen and oxygen atoms in total. The largest absolute Gasteiger partial charge is 0.463 e. The molecule has 5 rings (SSSR count). The Bertz CT molecular complexity index is 1300. The van der Waals surface area contributed by atoms with Gasteiger partial charge in [0.05, 0.1) is 16.9 Å². The van der Waals surface area contributed by atoms with E-state index >= 15 is 0 Å². The van der Waals surface area contributed by atoms with Gasteiger partial charge in [-0.25, -0.2) is 13.4 Å². The van der Waals surface area contributed by atoms with Crippen LogP contribution in [0.3, 0.4) is 0 Å². The molecule has 1 N–H and O–H groups in total. The molecule has 1 aliphatic carbocycles. The molecule has 0 unspecified atom stereocenters. The molecule has 1 aliphatic rings. The summed E-state index contributed by atoms with van der Waals surface area (Å²) in [5, 5.41) is 6.84. The van der Waals surface area contributed by atoms with Gasteiger partial charge in [0.25, 0.3) is 10.0 Å². The quantitative estimate of drug-likeness (QED) is 0.491. The number of anilines is 1. The molecule has 154 valence electrons. The Morgan fingerprint density at radius 3 is 2.77 bits per heavy atom. The van der Waals surface area contributed by atoms with Crippen LogP contribution >= 0.6 is 11.3 Å². The molecule has 0 saturated heterocycles. The van der Waals surface area contributed by atoms with Gasteiger partial charge in [-0.2, -0.15) is 9.78 Å². The summed E-state index contributed by atoms with van der Waals surface area (Å²) in [7, 11) is -3.75. The molecule has 3 heterocycles. The molecule has 4 aromatic rings. The predicted octanol–water partition coefficient (Wildman–Crippen LogP) is 4.58.